The Hall–Kier alpha value is -1.48. The highest BCUT2D eigenvalue weighted by molar-refractivity contribution is 8.00. The van der Waals surface area contributed by atoms with Crippen LogP contribution >= 0.6 is 11.8 Å². The molecule has 2 nitrogen and oxygen atoms in total. The second-order valence-corrected chi connectivity index (χ2v) is 7.53. The second kappa shape index (κ2) is 5.06. The van der Waals surface area contributed by atoms with Crippen LogP contribution in [0.1, 0.15) is 37.7 Å². The number of aldehydes is 1. The van der Waals surface area contributed by atoms with Crippen molar-refractivity contribution in [2.75, 3.05) is 5.32 Å². The van der Waals surface area contributed by atoms with E-state index < -0.39 is 0 Å². The highest BCUT2D eigenvalue weighted by Crippen LogP contribution is 2.46. The Morgan fingerprint density at radius 1 is 1.29 bits per heavy atom. The number of fused-ring (bicyclic) bond motifs is 1. The number of thioether (sulfide) groups is 1. The van der Waals surface area contributed by atoms with E-state index in [1.165, 1.54) is 28.9 Å². The predicted octanol–water partition coefficient (Wildman–Crippen LogP) is 4.63. The van der Waals surface area contributed by atoms with Gasteiger partial charge in [-0.2, -0.15) is 0 Å². The van der Waals surface area contributed by atoms with Crippen LogP contribution in [0.5, 0.6) is 0 Å². The van der Waals surface area contributed by atoms with Crippen LogP contribution in [0.2, 0.25) is 0 Å². The van der Waals surface area contributed by atoms with Crippen LogP contribution in [0, 0.1) is 5.92 Å². The van der Waals surface area contributed by atoms with Crippen LogP contribution < -0.4 is 5.32 Å². The third-order valence-electron chi connectivity index (χ3n) is 4.58. The van der Waals surface area contributed by atoms with Crippen molar-refractivity contribution in [2.45, 2.75) is 42.2 Å². The first-order chi connectivity index (χ1) is 10.3. The Morgan fingerprint density at radius 2 is 2.14 bits per heavy atom. The summed E-state index contributed by atoms with van der Waals surface area (Å²) in [5, 5.41) is 4.32. The van der Waals surface area contributed by atoms with Crippen LogP contribution in [-0.4, -0.2) is 11.5 Å². The number of carbonyl (C=O) groups excluding carboxylic acids is 1. The predicted molar refractivity (Wildman–Crippen MR) is 88.4 cm³/mol. The minimum absolute atomic E-state index is 0.0131. The number of anilines is 1. The summed E-state index contributed by atoms with van der Waals surface area (Å²) in [5.41, 5.74) is 5.79. The SMILES string of the molecule is C=C1C2=C(Nc3ccc(SC4CC4)cc31)[C@@H](C=O)CCC2. The fourth-order valence-corrected chi connectivity index (χ4v) is 4.35. The highest BCUT2D eigenvalue weighted by atomic mass is 32.2. The van der Waals surface area contributed by atoms with Crippen LogP contribution in [0.25, 0.3) is 5.57 Å². The molecule has 1 aliphatic heterocycles. The molecule has 0 amide bonds. The van der Waals surface area contributed by atoms with Gasteiger partial charge in [0.15, 0.2) is 0 Å². The largest absolute Gasteiger partial charge is 0.358 e. The quantitative estimate of drug-likeness (QED) is 0.825. The first-order valence-corrected chi connectivity index (χ1v) is 8.60. The van der Waals surface area contributed by atoms with Gasteiger partial charge in [0.05, 0.1) is 5.92 Å². The van der Waals surface area contributed by atoms with Crippen molar-refractivity contribution >= 4 is 29.3 Å². The first-order valence-electron chi connectivity index (χ1n) is 7.72. The molecule has 0 saturated heterocycles. The van der Waals surface area contributed by atoms with Crippen molar-refractivity contribution in [1.82, 2.24) is 0 Å². The van der Waals surface area contributed by atoms with Crippen molar-refractivity contribution in [1.29, 1.82) is 0 Å². The lowest BCUT2D eigenvalue weighted by atomic mass is 9.80. The molecule has 1 fully saturated rings. The number of nitrogens with one attached hydrogen (secondary N) is 1. The van der Waals surface area contributed by atoms with E-state index in [0.717, 1.165) is 47.8 Å². The molecule has 108 valence electrons. The van der Waals surface area contributed by atoms with Crippen molar-refractivity contribution < 1.29 is 4.79 Å². The summed E-state index contributed by atoms with van der Waals surface area (Å²) in [7, 11) is 0. The van der Waals surface area contributed by atoms with E-state index in [4.69, 9.17) is 0 Å². The average molecular weight is 297 g/mol. The number of hydrogen-bond donors (Lipinski definition) is 1. The molecule has 1 heterocycles. The number of allylic oxidation sites excluding steroid dienone is 3. The summed E-state index contributed by atoms with van der Waals surface area (Å²) in [4.78, 5) is 12.6. The molecule has 2 aliphatic carbocycles. The topological polar surface area (TPSA) is 29.1 Å². The fourth-order valence-electron chi connectivity index (χ4n) is 3.26. The third kappa shape index (κ3) is 2.34. The number of rotatable bonds is 3. The molecule has 1 saturated carbocycles. The maximum atomic E-state index is 11.3. The molecular formula is C18H19NOS. The lowest BCUT2D eigenvalue weighted by Crippen LogP contribution is -2.23. The zero-order chi connectivity index (χ0) is 14.4. The zero-order valence-electron chi connectivity index (χ0n) is 12.0. The molecule has 0 aromatic heterocycles. The van der Waals surface area contributed by atoms with Gasteiger partial charge in [-0.05, 0) is 61.4 Å². The van der Waals surface area contributed by atoms with Gasteiger partial charge in [-0.25, -0.2) is 0 Å². The second-order valence-electron chi connectivity index (χ2n) is 6.16. The van der Waals surface area contributed by atoms with Gasteiger partial charge in [0.1, 0.15) is 6.29 Å². The van der Waals surface area contributed by atoms with Gasteiger partial charge in [-0.15, -0.1) is 11.8 Å². The molecule has 0 spiro atoms. The van der Waals surface area contributed by atoms with E-state index in [9.17, 15) is 4.79 Å². The van der Waals surface area contributed by atoms with Gasteiger partial charge >= 0.3 is 0 Å². The number of benzene rings is 1. The van der Waals surface area contributed by atoms with E-state index in [0.29, 0.717) is 0 Å². The maximum absolute atomic E-state index is 11.3. The molecular weight excluding hydrogens is 278 g/mol. The molecule has 1 N–H and O–H groups in total. The summed E-state index contributed by atoms with van der Waals surface area (Å²) < 4.78 is 0. The molecule has 21 heavy (non-hydrogen) atoms. The molecule has 0 unspecified atom stereocenters. The normalized spacial score (nSPS) is 24.2. The zero-order valence-corrected chi connectivity index (χ0v) is 12.8. The standard InChI is InChI=1S/C18H19NOS/c1-11-15-4-2-3-12(10-20)18(15)19-17-8-7-14(9-16(11)17)21-13-5-6-13/h7-10,12-13,19H,1-6H2/t12-/m1/s1. The summed E-state index contributed by atoms with van der Waals surface area (Å²) in [6, 6.07) is 6.60. The van der Waals surface area contributed by atoms with E-state index >= 15 is 0 Å². The summed E-state index contributed by atoms with van der Waals surface area (Å²) >= 11 is 1.98. The molecule has 1 aromatic carbocycles. The van der Waals surface area contributed by atoms with E-state index in [1.807, 2.05) is 11.8 Å². The molecule has 1 atom stereocenters. The average Bonchev–Trinajstić information content (AvgIpc) is 3.32. The van der Waals surface area contributed by atoms with Crippen molar-refractivity contribution in [3.63, 3.8) is 0 Å². The first kappa shape index (κ1) is 13.2. The molecule has 4 rings (SSSR count). The highest BCUT2D eigenvalue weighted by Gasteiger charge is 2.30. The van der Waals surface area contributed by atoms with E-state index in [1.54, 1.807) is 0 Å². The minimum atomic E-state index is 0.0131. The Morgan fingerprint density at radius 3 is 2.90 bits per heavy atom. The fraction of sp³-hybridized carbons (Fsp3) is 0.389. The molecule has 0 bridgehead atoms. The number of carbonyl (C=O) groups is 1. The lowest BCUT2D eigenvalue weighted by molar-refractivity contribution is -0.110. The summed E-state index contributed by atoms with van der Waals surface area (Å²) in [5.74, 6) is 0.0131. The van der Waals surface area contributed by atoms with Crippen molar-refractivity contribution in [3.05, 3.63) is 41.6 Å². The molecule has 1 aromatic rings. The smallest absolute Gasteiger partial charge is 0.128 e. The summed E-state index contributed by atoms with van der Waals surface area (Å²) in [6.07, 6.45) is 6.83. The van der Waals surface area contributed by atoms with E-state index in [-0.39, 0.29) is 5.92 Å². The Labute approximate surface area is 129 Å². The monoisotopic (exact) mass is 297 g/mol. The Bertz CT molecular complexity index is 657. The van der Waals surface area contributed by atoms with Crippen LogP contribution in [0.3, 0.4) is 0 Å². The van der Waals surface area contributed by atoms with Gasteiger partial charge in [-0.3, -0.25) is 0 Å². The summed E-state index contributed by atoms with van der Waals surface area (Å²) in [6.45, 7) is 4.32. The molecule has 0 radical (unpaired) electrons. The van der Waals surface area contributed by atoms with Crippen LogP contribution in [0.15, 0.2) is 40.9 Å². The van der Waals surface area contributed by atoms with Gasteiger partial charge in [0, 0.05) is 27.1 Å². The number of hydrogen-bond acceptors (Lipinski definition) is 3. The van der Waals surface area contributed by atoms with Crippen molar-refractivity contribution in [3.8, 4) is 0 Å². The Balaban J connectivity index is 1.71. The molecule has 3 aliphatic rings. The van der Waals surface area contributed by atoms with Gasteiger partial charge in [0.25, 0.3) is 0 Å². The Kier molecular flexibility index (Phi) is 3.18. The molecule has 3 heteroatoms. The lowest BCUT2D eigenvalue weighted by Gasteiger charge is -2.33. The van der Waals surface area contributed by atoms with Crippen LogP contribution in [0.4, 0.5) is 5.69 Å². The maximum Gasteiger partial charge on any atom is 0.128 e. The van der Waals surface area contributed by atoms with Gasteiger partial charge in [-0.1, -0.05) is 6.58 Å². The van der Waals surface area contributed by atoms with Gasteiger partial charge < -0.3 is 10.1 Å². The van der Waals surface area contributed by atoms with Gasteiger partial charge in [0.2, 0.25) is 0 Å². The van der Waals surface area contributed by atoms with E-state index in [2.05, 4.69) is 30.1 Å². The van der Waals surface area contributed by atoms with Crippen LogP contribution in [-0.2, 0) is 4.79 Å². The minimum Gasteiger partial charge on any atom is -0.358 e. The third-order valence-corrected chi connectivity index (χ3v) is 5.91. The van der Waals surface area contributed by atoms with Crippen molar-refractivity contribution in [2.24, 2.45) is 5.92 Å².